The Morgan fingerprint density at radius 1 is 1.09 bits per heavy atom. The summed E-state index contributed by atoms with van der Waals surface area (Å²) in [6.45, 7) is 4.86. The van der Waals surface area contributed by atoms with Gasteiger partial charge in [-0.3, -0.25) is 9.69 Å². The molecular formula is C22H27N5O4S2. The van der Waals surface area contributed by atoms with Crippen LogP contribution in [0.15, 0.2) is 57.5 Å². The number of para-hydroxylation sites is 2. The average molecular weight is 490 g/mol. The molecule has 0 atom stereocenters. The van der Waals surface area contributed by atoms with Gasteiger partial charge in [-0.25, -0.2) is 18.2 Å². The largest absolute Gasteiger partial charge is 0.495 e. The first kappa shape index (κ1) is 23.4. The average Bonchev–Trinajstić information content (AvgIpc) is 3.34. The van der Waals surface area contributed by atoms with E-state index < -0.39 is 10.0 Å². The predicted molar refractivity (Wildman–Crippen MR) is 130 cm³/mol. The minimum absolute atomic E-state index is 0.232. The molecule has 1 aromatic carbocycles. The third kappa shape index (κ3) is 5.80. The lowest BCUT2D eigenvalue weighted by molar-refractivity contribution is 0.255. The SMILES string of the molecule is COc1ccccc1N1CCN(CCCNS(=O)(=O)c2ccc(-c3ccc(=O)[nH]n3)s2)CC1. The quantitative estimate of drug-likeness (QED) is 0.443. The summed E-state index contributed by atoms with van der Waals surface area (Å²) in [5, 5.41) is 6.31. The minimum atomic E-state index is -3.58. The van der Waals surface area contributed by atoms with Crippen molar-refractivity contribution in [3.8, 4) is 16.3 Å². The zero-order chi connectivity index (χ0) is 23.3. The lowest BCUT2D eigenvalue weighted by Crippen LogP contribution is -2.47. The van der Waals surface area contributed by atoms with Crippen molar-refractivity contribution in [2.45, 2.75) is 10.6 Å². The van der Waals surface area contributed by atoms with Gasteiger partial charge >= 0.3 is 0 Å². The zero-order valence-electron chi connectivity index (χ0n) is 18.4. The van der Waals surface area contributed by atoms with Crippen LogP contribution < -0.4 is 19.9 Å². The van der Waals surface area contributed by atoms with Gasteiger partial charge < -0.3 is 9.64 Å². The van der Waals surface area contributed by atoms with Crippen molar-refractivity contribution in [3.63, 3.8) is 0 Å². The summed E-state index contributed by atoms with van der Waals surface area (Å²) in [6.07, 6.45) is 0.730. The maximum atomic E-state index is 12.6. The maximum Gasteiger partial charge on any atom is 0.264 e. The number of nitrogens with zero attached hydrogens (tertiary/aromatic N) is 3. The van der Waals surface area contributed by atoms with Crippen LogP contribution in [0.3, 0.4) is 0 Å². The van der Waals surface area contributed by atoms with Gasteiger partial charge in [-0.05, 0) is 43.3 Å². The molecule has 0 aliphatic carbocycles. The first-order chi connectivity index (χ1) is 16.0. The molecule has 11 heteroatoms. The van der Waals surface area contributed by atoms with E-state index in [4.69, 9.17) is 4.74 Å². The van der Waals surface area contributed by atoms with Gasteiger partial charge in [0.05, 0.1) is 17.7 Å². The third-order valence-electron chi connectivity index (χ3n) is 5.52. The van der Waals surface area contributed by atoms with Gasteiger partial charge in [0.25, 0.3) is 5.56 Å². The van der Waals surface area contributed by atoms with Gasteiger partial charge in [-0.1, -0.05) is 12.1 Å². The Kier molecular flexibility index (Phi) is 7.43. The first-order valence-electron chi connectivity index (χ1n) is 10.7. The minimum Gasteiger partial charge on any atom is -0.495 e. The summed E-state index contributed by atoms with van der Waals surface area (Å²) in [5.41, 5.74) is 1.35. The number of ether oxygens (including phenoxy) is 1. The smallest absolute Gasteiger partial charge is 0.264 e. The van der Waals surface area contributed by atoms with Crippen LogP contribution in [-0.4, -0.2) is 69.9 Å². The van der Waals surface area contributed by atoms with Crippen LogP contribution in [0.4, 0.5) is 5.69 Å². The monoisotopic (exact) mass is 489 g/mol. The highest BCUT2D eigenvalue weighted by atomic mass is 32.2. The highest BCUT2D eigenvalue weighted by Crippen LogP contribution is 2.29. The molecule has 176 valence electrons. The predicted octanol–water partition coefficient (Wildman–Crippen LogP) is 2.00. The molecule has 33 heavy (non-hydrogen) atoms. The summed E-state index contributed by atoms with van der Waals surface area (Å²) in [6, 6.07) is 14.2. The molecule has 3 heterocycles. The van der Waals surface area contributed by atoms with Gasteiger partial charge in [-0.2, -0.15) is 5.10 Å². The Hall–Kier alpha value is -2.73. The molecule has 9 nitrogen and oxygen atoms in total. The third-order valence-corrected chi connectivity index (χ3v) is 8.58. The topological polar surface area (TPSA) is 108 Å². The number of thiophene rings is 1. The molecule has 2 aromatic heterocycles. The van der Waals surface area contributed by atoms with Gasteiger partial charge in [0.1, 0.15) is 15.7 Å². The second kappa shape index (κ2) is 10.5. The van der Waals surface area contributed by atoms with Crippen LogP contribution in [0.5, 0.6) is 5.75 Å². The van der Waals surface area contributed by atoms with Crippen molar-refractivity contribution >= 4 is 27.0 Å². The van der Waals surface area contributed by atoms with Crippen molar-refractivity contribution in [3.05, 3.63) is 58.9 Å². The van der Waals surface area contributed by atoms with E-state index in [2.05, 4.69) is 30.8 Å². The fourth-order valence-corrected chi connectivity index (χ4v) is 6.16. The van der Waals surface area contributed by atoms with Crippen LogP contribution in [0, 0.1) is 0 Å². The molecule has 1 aliphatic rings. The maximum absolute atomic E-state index is 12.6. The number of benzene rings is 1. The molecule has 2 N–H and O–H groups in total. The van der Waals surface area contributed by atoms with Crippen molar-refractivity contribution in [2.75, 3.05) is 51.3 Å². The number of anilines is 1. The number of methoxy groups -OCH3 is 1. The highest BCUT2D eigenvalue weighted by Gasteiger charge is 2.20. The van der Waals surface area contributed by atoms with Crippen LogP contribution in [0.1, 0.15) is 6.42 Å². The van der Waals surface area contributed by atoms with Crippen LogP contribution in [-0.2, 0) is 10.0 Å². The molecule has 0 bridgehead atoms. The van der Waals surface area contributed by atoms with Crippen LogP contribution in [0.2, 0.25) is 0 Å². The molecule has 3 aromatic rings. The number of nitrogens with one attached hydrogen (secondary N) is 2. The number of aromatic amines is 1. The molecule has 0 spiro atoms. The molecular weight excluding hydrogens is 462 g/mol. The fourth-order valence-electron chi connectivity index (χ4n) is 3.77. The van der Waals surface area contributed by atoms with Crippen molar-refractivity contribution < 1.29 is 13.2 Å². The second-order valence-electron chi connectivity index (χ2n) is 7.68. The number of H-pyrrole nitrogens is 1. The van der Waals surface area contributed by atoms with Gasteiger partial charge in [0, 0.05) is 38.8 Å². The Bertz CT molecular complexity index is 1210. The van der Waals surface area contributed by atoms with E-state index in [1.54, 1.807) is 25.3 Å². The molecule has 0 unspecified atom stereocenters. The number of hydrogen-bond donors (Lipinski definition) is 2. The second-order valence-corrected chi connectivity index (χ2v) is 10.8. The van der Waals surface area contributed by atoms with E-state index in [-0.39, 0.29) is 9.77 Å². The normalized spacial score (nSPS) is 15.0. The molecule has 1 aliphatic heterocycles. The Balaban J connectivity index is 1.23. The number of sulfonamides is 1. The summed E-state index contributed by atoms with van der Waals surface area (Å²) >= 11 is 1.12. The highest BCUT2D eigenvalue weighted by molar-refractivity contribution is 7.91. The standard InChI is InChI=1S/C22H27N5O4S2/c1-31-19-6-3-2-5-18(19)27-15-13-26(14-16-27)12-4-11-23-33(29,30)22-10-8-20(32-22)17-7-9-21(28)25-24-17/h2-3,5-10,23H,4,11-16H2,1H3,(H,25,28). The molecule has 0 radical (unpaired) electrons. The lowest BCUT2D eigenvalue weighted by Gasteiger charge is -2.36. The molecule has 0 amide bonds. The van der Waals surface area contributed by atoms with Gasteiger partial charge in [-0.15, -0.1) is 11.3 Å². The molecule has 0 saturated carbocycles. The number of rotatable bonds is 9. The van der Waals surface area contributed by atoms with Crippen molar-refractivity contribution in [1.82, 2.24) is 19.8 Å². The van der Waals surface area contributed by atoms with E-state index in [9.17, 15) is 13.2 Å². The van der Waals surface area contributed by atoms with Gasteiger partial charge in [0.2, 0.25) is 10.0 Å². The summed E-state index contributed by atoms with van der Waals surface area (Å²) in [7, 11) is -1.89. The fraction of sp³-hybridized carbons (Fsp3) is 0.364. The van der Waals surface area contributed by atoms with Crippen LogP contribution in [0.25, 0.3) is 10.6 Å². The first-order valence-corrected chi connectivity index (χ1v) is 13.0. The summed E-state index contributed by atoms with van der Waals surface area (Å²) in [4.78, 5) is 16.5. The van der Waals surface area contributed by atoms with E-state index in [1.165, 1.54) is 6.07 Å². The molecule has 1 fully saturated rings. The zero-order valence-corrected chi connectivity index (χ0v) is 20.0. The molecule has 4 rings (SSSR count). The van der Waals surface area contributed by atoms with Gasteiger partial charge in [0.15, 0.2) is 0 Å². The Labute approximate surface area is 197 Å². The van der Waals surface area contributed by atoms with Crippen molar-refractivity contribution in [1.29, 1.82) is 0 Å². The number of aromatic nitrogens is 2. The Morgan fingerprint density at radius 3 is 2.61 bits per heavy atom. The van der Waals surface area contributed by atoms with Crippen molar-refractivity contribution in [2.24, 2.45) is 0 Å². The van der Waals surface area contributed by atoms with E-state index in [0.29, 0.717) is 17.1 Å². The number of piperazine rings is 1. The van der Waals surface area contributed by atoms with Crippen LogP contribution >= 0.6 is 11.3 Å². The summed E-state index contributed by atoms with van der Waals surface area (Å²) < 4.78 is 33.7. The lowest BCUT2D eigenvalue weighted by atomic mass is 10.2. The van der Waals surface area contributed by atoms with E-state index in [1.807, 2.05) is 18.2 Å². The number of hydrogen-bond acceptors (Lipinski definition) is 8. The van der Waals surface area contributed by atoms with E-state index >= 15 is 0 Å². The summed E-state index contributed by atoms with van der Waals surface area (Å²) in [5.74, 6) is 0.883. The Morgan fingerprint density at radius 2 is 1.88 bits per heavy atom. The molecule has 1 saturated heterocycles. The van der Waals surface area contributed by atoms with E-state index in [0.717, 1.165) is 61.9 Å².